The maximum Gasteiger partial charge on any atom is 0.191 e. The molecule has 0 aliphatic carbocycles. The van der Waals surface area contributed by atoms with Gasteiger partial charge in [0, 0.05) is 52.4 Å². The maximum atomic E-state index is 5.73. The lowest BCUT2D eigenvalue weighted by molar-refractivity contribution is 0.107. The fraction of sp³-hybridized carbons (Fsp3) is 0.696. The molecule has 0 radical (unpaired) electrons. The number of ether oxygens (including phenoxy) is 2. The molecule has 31 heavy (non-hydrogen) atoms. The Hall–Kier alpha value is -1.26. The van der Waals surface area contributed by atoms with Crippen molar-refractivity contribution in [3.05, 3.63) is 23.8 Å². The fourth-order valence-corrected chi connectivity index (χ4v) is 3.69. The second-order valence-electron chi connectivity index (χ2n) is 7.60. The average Bonchev–Trinajstić information content (AvgIpc) is 2.77. The lowest BCUT2D eigenvalue weighted by Gasteiger charge is -2.37. The summed E-state index contributed by atoms with van der Waals surface area (Å²) in [6.07, 6.45) is 0.891. The van der Waals surface area contributed by atoms with Crippen molar-refractivity contribution in [2.75, 3.05) is 66.1 Å². The van der Waals surface area contributed by atoms with Crippen molar-refractivity contribution in [3.8, 4) is 11.5 Å². The van der Waals surface area contributed by atoms with Crippen LogP contribution in [0.3, 0.4) is 0 Å². The van der Waals surface area contributed by atoms with E-state index in [1.54, 1.807) is 0 Å². The van der Waals surface area contributed by atoms with Crippen LogP contribution in [0.15, 0.2) is 23.2 Å². The molecule has 1 aromatic carbocycles. The predicted molar refractivity (Wildman–Crippen MR) is 140 cm³/mol. The molecule has 1 heterocycles. The summed E-state index contributed by atoms with van der Waals surface area (Å²) in [5.74, 6) is 2.48. The molecule has 2 N–H and O–H groups in total. The third-order valence-electron chi connectivity index (χ3n) is 5.58. The SMILES string of the molecule is CCOc1ccc(CCNC(=NC)NCC(C)N2CCN(CC)CC2)cc1OCC.I. The number of nitrogens with zero attached hydrogens (tertiary/aromatic N) is 3. The molecule has 0 spiro atoms. The topological polar surface area (TPSA) is 61.4 Å². The minimum Gasteiger partial charge on any atom is -0.490 e. The summed E-state index contributed by atoms with van der Waals surface area (Å²) in [6.45, 7) is 17.2. The number of nitrogens with one attached hydrogen (secondary N) is 2. The maximum absolute atomic E-state index is 5.73. The molecule has 0 aromatic heterocycles. The van der Waals surface area contributed by atoms with Crippen LogP contribution in [0.25, 0.3) is 0 Å². The highest BCUT2D eigenvalue weighted by molar-refractivity contribution is 14.0. The number of benzene rings is 1. The van der Waals surface area contributed by atoms with Crippen LogP contribution in [-0.4, -0.2) is 87.9 Å². The van der Waals surface area contributed by atoms with Crippen molar-refractivity contribution >= 4 is 29.9 Å². The van der Waals surface area contributed by atoms with Crippen LogP contribution in [0.5, 0.6) is 11.5 Å². The van der Waals surface area contributed by atoms with E-state index in [-0.39, 0.29) is 24.0 Å². The van der Waals surface area contributed by atoms with Gasteiger partial charge in [-0.3, -0.25) is 9.89 Å². The lowest BCUT2D eigenvalue weighted by atomic mass is 10.1. The molecule has 1 aliphatic heterocycles. The van der Waals surface area contributed by atoms with Gasteiger partial charge in [0.15, 0.2) is 17.5 Å². The van der Waals surface area contributed by atoms with E-state index in [9.17, 15) is 0 Å². The zero-order chi connectivity index (χ0) is 21.8. The summed E-state index contributed by atoms with van der Waals surface area (Å²) >= 11 is 0. The molecule has 1 aromatic rings. The first-order chi connectivity index (χ1) is 14.6. The molecular weight excluding hydrogens is 505 g/mol. The summed E-state index contributed by atoms with van der Waals surface area (Å²) < 4.78 is 11.4. The fourth-order valence-electron chi connectivity index (χ4n) is 3.69. The summed E-state index contributed by atoms with van der Waals surface area (Å²) in [6, 6.07) is 6.66. The summed E-state index contributed by atoms with van der Waals surface area (Å²) in [5, 5.41) is 6.90. The third kappa shape index (κ3) is 9.41. The lowest BCUT2D eigenvalue weighted by Crippen LogP contribution is -2.53. The van der Waals surface area contributed by atoms with Gasteiger partial charge < -0.3 is 25.0 Å². The van der Waals surface area contributed by atoms with Gasteiger partial charge in [0.25, 0.3) is 0 Å². The Bertz CT molecular complexity index is 651. The van der Waals surface area contributed by atoms with Crippen molar-refractivity contribution in [1.29, 1.82) is 0 Å². The van der Waals surface area contributed by atoms with Gasteiger partial charge in [-0.15, -0.1) is 24.0 Å². The van der Waals surface area contributed by atoms with Crippen LogP contribution >= 0.6 is 24.0 Å². The van der Waals surface area contributed by atoms with Gasteiger partial charge >= 0.3 is 0 Å². The standard InChI is InChI=1S/C23H41N5O2.HI/c1-6-27-13-15-28(16-14-27)19(4)18-26-23(24-5)25-12-11-20-9-10-21(29-7-2)22(17-20)30-8-3;/h9-10,17,19H,6-8,11-16,18H2,1-5H3,(H2,24,25,26);1H. The Morgan fingerprint density at radius 1 is 1.03 bits per heavy atom. The monoisotopic (exact) mass is 547 g/mol. The van der Waals surface area contributed by atoms with Gasteiger partial charge in [-0.05, 0) is 51.4 Å². The van der Waals surface area contributed by atoms with Gasteiger partial charge in [-0.1, -0.05) is 13.0 Å². The van der Waals surface area contributed by atoms with E-state index in [4.69, 9.17) is 9.47 Å². The molecule has 2 rings (SSSR count). The molecule has 8 heteroatoms. The third-order valence-corrected chi connectivity index (χ3v) is 5.58. The van der Waals surface area contributed by atoms with E-state index in [0.717, 1.165) is 56.6 Å². The average molecular weight is 548 g/mol. The molecule has 1 atom stereocenters. The highest BCUT2D eigenvalue weighted by Gasteiger charge is 2.20. The Balaban J connectivity index is 0.00000480. The molecule has 0 bridgehead atoms. The summed E-state index contributed by atoms with van der Waals surface area (Å²) in [5.41, 5.74) is 1.21. The summed E-state index contributed by atoms with van der Waals surface area (Å²) in [4.78, 5) is 9.44. The van der Waals surface area contributed by atoms with Crippen LogP contribution in [0, 0.1) is 0 Å². The Morgan fingerprint density at radius 3 is 2.32 bits per heavy atom. The van der Waals surface area contributed by atoms with Gasteiger partial charge in [0.05, 0.1) is 13.2 Å². The van der Waals surface area contributed by atoms with Crippen molar-refractivity contribution in [1.82, 2.24) is 20.4 Å². The normalized spacial score (nSPS) is 16.4. The molecule has 1 saturated heterocycles. The second kappa shape index (κ2) is 15.5. The molecule has 1 fully saturated rings. The number of aliphatic imine (C=N–C) groups is 1. The minimum absolute atomic E-state index is 0. The van der Waals surface area contributed by atoms with E-state index >= 15 is 0 Å². The van der Waals surface area contributed by atoms with Crippen molar-refractivity contribution < 1.29 is 9.47 Å². The van der Waals surface area contributed by atoms with Crippen LogP contribution in [0.4, 0.5) is 0 Å². The first-order valence-corrected chi connectivity index (χ1v) is 11.4. The highest BCUT2D eigenvalue weighted by Crippen LogP contribution is 2.28. The molecule has 7 nitrogen and oxygen atoms in total. The molecule has 1 aliphatic rings. The number of likely N-dealkylation sites (N-methyl/N-ethyl adjacent to an activating group) is 1. The predicted octanol–water partition coefficient (Wildman–Crippen LogP) is 2.84. The smallest absolute Gasteiger partial charge is 0.191 e. The highest BCUT2D eigenvalue weighted by atomic mass is 127. The van der Waals surface area contributed by atoms with Crippen LogP contribution in [0.2, 0.25) is 0 Å². The van der Waals surface area contributed by atoms with Gasteiger partial charge in [0.1, 0.15) is 0 Å². The second-order valence-corrected chi connectivity index (χ2v) is 7.60. The van der Waals surface area contributed by atoms with E-state index in [1.807, 2.05) is 27.0 Å². The van der Waals surface area contributed by atoms with Crippen molar-refractivity contribution in [2.45, 2.75) is 40.2 Å². The summed E-state index contributed by atoms with van der Waals surface area (Å²) in [7, 11) is 1.82. The molecule has 178 valence electrons. The van der Waals surface area contributed by atoms with E-state index in [1.165, 1.54) is 18.7 Å². The zero-order valence-electron chi connectivity index (χ0n) is 19.9. The molecule has 0 amide bonds. The van der Waals surface area contributed by atoms with Crippen LogP contribution < -0.4 is 20.1 Å². The van der Waals surface area contributed by atoms with E-state index < -0.39 is 0 Å². The largest absolute Gasteiger partial charge is 0.490 e. The van der Waals surface area contributed by atoms with E-state index in [2.05, 4.69) is 51.4 Å². The van der Waals surface area contributed by atoms with E-state index in [0.29, 0.717) is 19.3 Å². The van der Waals surface area contributed by atoms with Crippen molar-refractivity contribution in [2.24, 2.45) is 4.99 Å². The minimum atomic E-state index is 0. The number of halogens is 1. The van der Waals surface area contributed by atoms with Crippen LogP contribution in [0.1, 0.15) is 33.3 Å². The van der Waals surface area contributed by atoms with Crippen LogP contribution in [-0.2, 0) is 6.42 Å². The van der Waals surface area contributed by atoms with Gasteiger partial charge in [0.2, 0.25) is 0 Å². The first kappa shape index (κ1) is 27.8. The first-order valence-electron chi connectivity index (χ1n) is 11.4. The molecule has 0 saturated carbocycles. The van der Waals surface area contributed by atoms with Gasteiger partial charge in [-0.2, -0.15) is 0 Å². The zero-order valence-corrected chi connectivity index (χ0v) is 22.3. The Morgan fingerprint density at radius 2 is 1.71 bits per heavy atom. The Kier molecular flexibility index (Phi) is 13.9. The number of piperazine rings is 1. The number of hydrogen-bond donors (Lipinski definition) is 2. The number of guanidine groups is 1. The Labute approximate surface area is 206 Å². The quantitative estimate of drug-likeness (QED) is 0.253. The molecule has 1 unspecified atom stereocenters. The van der Waals surface area contributed by atoms with Gasteiger partial charge in [-0.25, -0.2) is 0 Å². The van der Waals surface area contributed by atoms with Crippen molar-refractivity contribution in [3.63, 3.8) is 0 Å². The number of hydrogen-bond acceptors (Lipinski definition) is 5. The molecular formula is C23H42IN5O2. The number of rotatable bonds is 11.